The molecule has 2 heterocycles. The highest BCUT2D eigenvalue weighted by molar-refractivity contribution is 7.15. The van der Waals surface area contributed by atoms with E-state index < -0.39 is 0 Å². The maximum Gasteiger partial charge on any atom is 0.324 e. The number of morpholine rings is 1. The summed E-state index contributed by atoms with van der Waals surface area (Å²) in [6.07, 6.45) is 0. The van der Waals surface area contributed by atoms with Crippen LogP contribution in [0.5, 0.6) is 0 Å². The molecule has 1 atom stereocenters. The normalized spacial score (nSPS) is 22.1. The van der Waals surface area contributed by atoms with Gasteiger partial charge in [0.15, 0.2) is 0 Å². The van der Waals surface area contributed by atoms with Gasteiger partial charge in [0.05, 0.1) is 24.2 Å². The molecule has 1 aromatic rings. The van der Waals surface area contributed by atoms with Crippen molar-refractivity contribution in [3.05, 3.63) is 27.1 Å². The van der Waals surface area contributed by atoms with E-state index in [4.69, 9.17) is 4.74 Å². The largest absolute Gasteiger partial charge is 0.378 e. The van der Waals surface area contributed by atoms with Gasteiger partial charge in [-0.05, 0) is 6.07 Å². The van der Waals surface area contributed by atoms with Crippen LogP contribution in [0.25, 0.3) is 0 Å². The van der Waals surface area contributed by atoms with E-state index in [1.165, 1.54) is 17.4 Å². The van der Waals surface area contributed by atoms with Crippen molar-refractivity contribution in [2.75, 3.05) is 19.8 Å². The lowest BCUT2D eigenvalue weighted by Gasteiger charge is -2.22. The number of rotatable bonds is 2. The molecule has 1 aliphatic rings. The molecule has 0 saturated carbocycles. The Morgan fingerprint density at radius 3 is 3.07 bits per heavy atom. The standard InChI is InChI=1S/C8H10N2O3S/c11-10(12)8-2-1-7(14-8)6-5-13-4-3-9-6/h1-2,6,9H,3-5H2/t6-/m0/s1. The van der Waals surface area contributed by atoms with Gasteiger partial charge >= 0.3 is 5.00 Å². The Bertz CT molecular complexity index is 333. The number of nitrogens with zero attached hydrogens (tertiary/aromatic N) is 1. The quantitative estimate of drug-likeness (QED) is 0.595. The average molecular weight is 214 g/mol. The summed E-state index contributed by atoms with van der Waals surface area (Å²) in [5, 5.41) is 13.9. The average Bonchev–Trinajstić information content (AvgIpc) is 2.68. The molecule has 0 aromatic carbocycles. The number of nitro groups is 1. The predicted molar refractivity (Wildman–Crippen MR) is 52.5 cm³/mol. The van der Waals surface area contributed by atoms with Gasteiger partial charge in [-0.25, -0.2) is 0 Å². The summed E-state index contributed by atoms with van der Waals surface area (Å²) in [7, 11) is 0. The molecule has 76 valence electrons. The van der Waals surface area contributed by atoms with Crippen LogP contribution in [-0.4, -0.2) is 24.7 Å². The van der Waals surface area contributed by atoms with Crippen molar-refractivity contribution in [2.24, 2.45) is 0 Å². The van der Waals surface area contributed by atoms with Gasteiger partial charge in [0.25, 0.3) is 0 Å². The molecule has 0 aliphatic carbocycles. The molecule has 2 rings (SSSR count). The van der Waals surface area contributed by atoms with E-state index in [1.54, 1.807) is 6.07 Å². The SMILES string of the molecule is O=[N+]([O-])c1ccc([C@@H]2COCCN2)s1. The number of hydrogen-bond donors (Lipinski definition) is 1. The third-order valence-electron chi connectivity index (χ3n) is 2.06. The van der Waals surface area contributed by atoms with E-state index >= 15 is 0 Å². The molecule has 0 bridgehead atoms. The van der Waals surface area contributed by atoms with E-state index in [2.05, 4.69) is 5.32 Å². The lowest BCUT2D eigenvalue weighted by Crippen LogP contribution is -2.33. The fourth-order valence-electron chi connectivity index (χ4n) is 1.38. The molecular formula is C8H10N2O3S. The molecule has 0 unspecified atom stereocenters. The summed E-state index contributed by atoms with van der Waals surface area (Å²) in [5.41, 5.74) is 0. The first-order valence-electron chi connectivity index (χ1n) is 4.32. The number of nitrogens with one attached hydrogen (secondary N) is 1. The molecule has 1 fully saturated rings. The number of ether oxygens (including phenoxy) is 1. The molecule has 0 spiro atoms. The Morgan fingerprint density at radius 2 is 2.50 bits per heavy atom. The summed E-state index contributed by atoms with van der Waals surface area (Å²) < 4.78 is 5.28. The summed E-state index contributed by atoms with van der Waals surface area (Å²) in [6.45, 7) is 2.11. The topological polar surface area (TPSA) is 64.4 Å². The van der Waals surface area contributed by atoms with Crippen LogP contribution in [-0.2, 0) is 4.74 Å². The summed E-state index contributed by atoms with van der Waals surface area (Å²) >= 11 is 1.21. The minimum Gasteiger partial charge on any atom is -0.378 e. The van der Waals surface area contributed by atoms with E-state index in [-0.39, 0.29) is 16.0 Å². The molecule has 1 aromatic heterocycles. The van der Waals surface area contributed by atoms with Gasteiger partial charge in [-0.2, -0.15) is 0 Å². The first-order chi connectivity index (χ1) is 6.77. The van der Waals surface area contributed by atoms with Crippen LogP contribution < -0.4 is 5.32 Å². The zero-order valence-corrected chi connectivity index (χ0v) is 8.25. The highest BCUT2D eigenvalue weighted by atomic mass is 32.1. The van der Waals surface area contributed by atoms with Crippen LogP contribution >= 0.6 is 11.3 Å². The fourth-order valence-corrected chi connectivity index (χ4v) is 2.26. The summed E-state index contributed by atoms with van der Waals surface area (Å²) in [6, 6.07) is 3.44. The Kier molecular flexibility index (Phi) is 2.76. The molecular weight excluding hydrogens is 204 g/mol. The minimum atomic E-state index is -0.363. The van der Waals surface area contributed by atoms with Gasteiger partial charge < -0.3 is 10.1 Å². The minimum absolute atomic E-state index is 0.113. The van der Waals surface area contributed by atoms with Gasteiger partial charge in [0.2, 0.25) is 0 Å². The molecule has 0 radical (unpaired) electrons. The number of thiophene rings is 1. The lowest BCUT2D eigenvalue weighted by molar-refractivity contribution is -0.380. The van der Waals surface area contributed by atoms with E-state index in [0.29, 0.717) is 13.2 Å². The third-order valence-corrected chi connectivity index (χ3v) is 3.21. The summed E-state index contributed by atoms with van der Waals surface area (Å²) in [4.78, 5) is 11.1. The van der Waals surface area contributed by atoms with Crippen molar-refractivity contribution < 1.29 is 9.66 Å². The van der Waals surface area contributed by atoms with Crippen molar-refractivity contribution in [2.45, 2.75) is 6.04 Å². The second-order valence-electron chi connectivity index (χ2n) is 3.01. The highest BCUT2D eigenvalue weighted by Gasteiger charge is 2.19. The molecule has 14 heavy (non-hydrogen) atoms. The maximum absolute atomic E-state index is 10.5. The molecule has 6 heteroatoms. The van der Waals surface area contributed by atoms with Crippen molar-refractivity contribution in [3.63, 3.8) is 0 Å². The van der Waals surface area contributed by atoms with Crippen molar-refractivity contribution in [1.82, 2.24) is 5.32 Å². The Labute approximate surface area is 84.8 Å². The van der Waals surface area contributed by atoms with Gasteiger partial charge in [-0.1, -0.05) is 11.3 Å². The zero-order chi connectivity index (χ0) is 9.97. The lowest BCUT2D eigenvalue weighted by atomic mass is 10.2. The molecule has 1 aliphatic heterocycles. The molecule has 1 N–H and O–H groups in total. The second kappa shape index (κ2) is 4.04. The van der Waals surface area contributed by atoms with E-state index in [0.717, 1.165) is 11.4 Å². The highest BCUT2D eigenvalue weighted by Crippen LogP contribution is 2.29. The van der Waals surface area contributed by atoms with Crippen molar-refractivity contribution in [1.29, 1.82) is 0 Å². The van der Waals surface area contributed by atoms with Crippen LogP contribution in [0.2, 0.25) is 0 Å². The Morgan fingerprint density at radius 1 is 1.64 bits per heavy atom. The van der Waals surface area contributed by atoms with Crippen LogP contribution in [0.1, 0.15) is 10.9 Å². The smallest absolute Gasteiger partial charge is 0.324 e. The Hall–Kier alpha value is -0.980. The summed E-state index contributed by atoms with van der Waals surface area (Å²) in [5.74, 6) is 0. The fraction of sp³-hybridized carbons (Fsp3) is 0.500. The van der Waals surface area contributed by atoms with Gasteiger partial charge in [-0.15, -0.1) is 0 Å². The van der Waals surface area contributed by atoms with Crippen LogP contribution in [0, 0.1) is 10.1 Å². The van der Waals surface area contributed by atoms with E-state index in [9.17, 15) is 10.1 Å². The van der Waals surface area contributed by atoms with Crippen molar-refractivity contribution >= 4 is 16.3 Å². The van der Waals surface area contributed by atoms with Crippen LogP contribution in [0.4, 0.5) is 5.00 Å². The first-order valence-corrected chi connectivity index (χ1v) is 5.14. The van der Waals surface area contributed by atoms with Gasteiger partial charge in [0, 0.05) is 17.5 Å². The van der Waals surface area contributed by atoms with E-state index in [1.807, 2.05) is 0 Å². The number of hydrogen-bond acceptors (Lipinski definition) is 5. The third kappa shape index (κ3) is 1.92. The maximum atomic E-state index is 10.5. The van der Waals surface area contributed by atoms with Gasteiger partial charge in [0.1, 0.15) is 0 Å². The molecule has 1 saturated heterocycles. The second-order valence-corrected chi connectivity index (χ2v) is 4.11. The zero-order valence-electron chi connectivity index (χ0n) is 7.43. The van der Waals surface area contributed by atoms with Crippen molar-refractivity contribution in [3.8, 4) is 0 Å². The monoisotopic (exact) mass is 214 g/mol. The van der Waals surface area contributed by atoms with Crippen LogP contribution in [0.3, 0.4) is 0 Å². The predicted octanol–water partition coefficient (Wildman–Crippen LogP) is 1.32. The molecule has 0 amide bonds. The van der Waals surface area contributed by atoms with Crippen LogP contribution in [0.15, 0.2) is 12.1 Å². The van der Waals surface area contributed by atoms with Gasteiger partial charge in [-0.3, -0.25) is 10.1 Å². The Balaban J connectivity index is 2.11. The first kappa shape index (κ1) is 9.57. The molecule has 5 nitrogen and oxygen atoms in total.